The molecule has 1 aliphatic rings. The Bertz CT molecular complexity index is 1470. The molecule has 6 nitrogen and oxygen atoms in total. The van der Waals surface area contributed by atoms with Crippen LogP contribution in [-0.2, 0) is 21.4 Å². The van der Waals surface area contributed by atoms with Gasteiger partial charge in [-0.15, -0.1) is 0 Å². The molecule has 1 fully saturated rings. The van der Waals surface area contributed by atoms with E-state index in [1.165, 1.54) is 0 Å². The van der Waals surface area contributed by atoms with Crippen LogP contribution in [0.25, 0.3) is 0 Å². The van der Waals surface area contributed by atoms with Crippen molar-refractivity contribution >= 4 is 39.1 Å². The van der Waals surface area contributed by atoms with Crippen molar-refractivity contribution in [3.63, 3.8) is 0 Å². The topological polar surface area (TPSA) is 66.9 Å². The van der Waals surface area contributed by atoms with Gasteiger partial charge >= 0.3 is 0 Å². The molecule has 0 bridgehead atoms. The Morgan fingerprint density at radius 1 is 0.925 bits per heavy atom. The third-order valence-electron chi connectivity index (χ3n) is 7.82. The summed E-state index contributed by atoms with van der Waals surface area (Å²) in [6, 6.07) is 14.5. The number of benzene rings is 3. The first-order valence-electron chi connectivity index (χ1n) is 13.5. The summed E-state index contributed by atoms with van der Waals surface area (Å²) in [6.07, 6.45) is 0.957. The molecule has 0 atom stereocenters. The molecule has 4 rings (SSSR count). The number of halogens is 2. The maximum Gasteiger partial charge on any atom is 0.243 e. The van der Waals surface area contributed by atoms with Crippen LogP contribution in [0.1, 0.15) is 47.6 Å². The van der Waals surface area contributed by atoms with Gasteiger partial charge in [0, 0.05) is 47.7 Å². The molecule has 0 saturated carbocycles. The van der Waals surface area contributed by atoms with Gasteiger partial charge in [-0.1, -0.05) is 35.3 Å². The maximum absolute atomic E-state index is 13.7. The fraction of sp³-hybridized carbons (Fsp3) is 0.387. The summed E-state index contributed by atoms with van der Waals surface area (Å²) in [6.45, 7) is 11.1. The quantitative estimate of drug-likeness (QED) is 0.268. The van der Waals surface area contributed by atoms with E-state index < -0.39 is 10.0 Å². The van der Waals surface area contributed by atoms with Crippen LogP contribution < -0.4 is 4.74 Å². The third kappa shape index (κ3) is 6.49. The van der Waals surface area contributed by atoms with Crippen molar-refractivity contribution in [2.45, 2.75) is 58.9 Å². The van der Waals surface area contributed by atoms with E-state index >= 15 is 0 Å². The molecule has 214 valence electrons. The lowest BCUT2D eigenvalue weighted by Gasteiger charge is -2.34. The van der Waals surface area contributed by atoms with E-state index in [2.05, 4.69) is 0 Å². The first kappa shape index (κ1) is 30.4. The first-order chi connectivity index (χ1) is 18.9. The molecule has 1 amide bonds. The Morgan fingerprint density at radius 2 is 1.50 bits per heavy atom. The highest BCUT2D eigenvalue weighted by atomic mass is 35.5. The van der Waals surface area contributed by atoms with Gasteiger partial charge in [0.05, 0.1) is 4.90 Å². The molecule has 40 heavy (non-hydrogen) atoms. The average molecular weight is 604 g/mol. The largest absolute Gasteiger partial charge is 0.457 e. The van der Waals surface area contributed by atoms with Gasteiger partial charge in [-0.2, -0.15) is 4.31 Å². The van der Waals surface area contributed by atoms with Crippen molar-refractivity contribution in [2.75, 3.05) is 19.6 Å². The molecule has 1 heterocycles. The van der Waals surface area contributed by atoms with E-state index in [1.54, 1.807) is 45.6 Å². The Kier molecular flexibility index (Phi) is 9.51. The van der Waals surface area contributed by atoms with Gasteiger partial charge in [-0.05, 0) is 106 Å². The Morgan fingerprint density at radius 3 is 2.08 bits per heavy atom. The first-order valence-corrected chi connectivity index (χ1v) is 15.7. The number of sulfonamides is 1. The summed E-state index contributed by atoms with van der Waals surface area (Å²) in [5.41, 5.74) is 4.34. The molecular weight excluding hydrogens is 567 g/mol. The van der Waals surface area contributed by atoms with Crippen molar-refractivity contribution < 1.29 is 17.9 Å². The van der Waals surface area contributed by atoms with Crippen molar-refractivity contribution in [1.82, 2.24) is 9.21 Å². The summed E-state index contributed by atoms with van der Waals surface area (Å²) < 4.78 is 35.0. The van der Waals surface area contributed by atoms with Gasteiger partial charge in [0.2, 0.25) is 15.9 Å². The van der Waals surface area contributed by atoms with Crippen LogP contribution in [0.4, 0.5) is 0 Å². The summed E-state index contributed by atoms with van der Waals surface area (Å²) in [4.78, 5) is 15.8. The number of piperidine rings is 1. The number of hydrogen-bond acceptors (Lipinski definition) is 4. The van der Waals surface area contributed by atoms with Gasteiger partial charge in [0.25, 0.3) is 0 Å². The van der Waals surface area contributed by atoms with Gasteiger partial charge in [-0.25, -0.2) is 8.42 Å². The predicted molar refractivity (Wildman–Crippen MR) is 161 cm³/mol. The molecule has 9 heteroatoms. The second kappa shape index (κ2) is 12.5. The minimum atomic E-state index is -3.66. The molecule has 1 saturated heterocycles. The number of carbonyl (C=O) groups excluding carboxylic acids is 1. The average Bonchev–Trinajstić information content (AvgIpc) is 2.92. The molecular formula is C31H36Cl2N2O4S. The smallest absolute Gasteiger partial charge is 0.243 e. The minimum Gasteiger partial charge on any atom is -0.457 e. The lowest BCUT2D eigenvalue weighted by atomic mass is 9.96. The molecule has 0 radical (unpaired) electrons. The summed E-state index contributed by atoms with van der Waals surface area (Å²) in [5, 5.41) is 1.14. The molecule has 0 N–H and O–H groups in total. The highest BCUT2D eigenvalue weighted by molar-refractivity contribution is 7.89. The van der Waals surface area contributed by atoms with E-state index in [9.17, 15) is 13.2 Å². The Hall–Kier alpha value is -2.58. The van der Waals surface area contributed by atoms with Crippen molar-refractivity contribution in [2.24, 2.45) is 5.92 Å². The Labute approximate surface area is 247 Å². The van der Waals surface area contributed by atoms with E-state index in [1.807, 2.05) is 46.8 Å². The van der Waals surface area contributed by atoms with Gasteiger partial charge in [-0.3, -0.25) is 4.79 Å². The molecule has 1 aliphatic heterocycles. The molecule has 3 aromatic rings. The second-order valence-electron chi connectivity index (χ2n) is 10.4. The maximum atomic E-state index is 13.7. The van der Waals surface area contributed by atoms with Crippen LogP contribution in [0, 0.1) is 33.6 Å². The van der Waals surface area contributed by atoms with Crippen LogP contribution in [0.5, 0.6) is 11.5 Å². The number of ether oxygens (including phenoxy) is 1. The SMILES string of the molecule is CCN(Cc1ccc(Cl)cc1Oc1ccc(Cl)cc1)C(=O)C1CCN(S(=O)(=O)c2c(C)c(C)cc(C)c2C)CC1. The monoisotopic (exact) mass is 602 g/mol. The normalized spacial score (nSPS) is 14.8. The molecule has 0 unspecified atom stereocenters. The number of carbonyl (C=O) groups is 1. The second-order valence-corrected chi connectivity index (χ2v) is 13.2. The highest BCUT2D eigenvalue weighted by Gasteiger charge is 2.35. The Balaban J connectivity index is 1.47. The molecule has 0 aliphatic carbocycles. The van der Waals surface area contributed by atoms with E-state index in [0.29, 0.717) is 65.5 Å². The van der Waals surface area contributed by atoms with Crippen LogP contribution in [0.15, 0.2) is 53.4 Å². The third-order valence-corrected chi connectivity index (χ3v) is 10.5. The standard InChI is InChI=1S/C31H36Cl2N2O4S/c1-6-34(19-25-7-8-27(33)18-29(25)39-28-11-9-26(32)10-12-28)31(36)24-13-15-35(16-14-24)40(37,38)30-22(4)20(2)17-21(3)23(30)5/h7-12,17-18,24H,6,13-16,19H2,1-5H3. The lowest BCUT2D eigenvalue weighted by Crippen LogP contribution is -2.44. The summed E-state index contributed by atoms with van der Waals surface area (Å²) in [5.74, 6) is 0.956. The zero-order valence-electron chi connectivity index (χ0n) is 23.6. The number of aryl methyl sites for hydroxylation is 2. The van der Waals surface area contributed by atoms with Gasteiger partial charge < -0.3 is 9.64 Å². The summed E-state index contributed by atoms with van der Waals surface area (Å²) in [7, 11) is -3.66. The highest BCUT2D eigenvalue weighted by Crippen LogP contribution is 2.33. The number of rotatable bonds is 8. The van der Waals surface area contributed by atoms with E-state index in [4.69, 9.17) is 27.9 Å². The van der Waals surface area contributed by atoms with Crippen LogP contribution in [0.3, 0.4) is 0 Å². The van der Waals surface area contributed by atoms with E-state index in [0.717, 1.165) is 27.8 Å². The number of nitrogens with zero attached hydrogens (tertiary/aromatic N) is 2. The molecule has 3 aromatic carbocycles. The van der Waals surface area contributed by atoms with Crippen LogP contribution in [0.2, 0.25) is 10.0 Å². The number of hydrogen-bond donors (Lipinski definition) is 0. The van der Waals surface area contributed by atoms with Crippen LogP contribution >= 0.6 is 23.2 Å². The lowest BCUT2D eigenvalue weighted by molar-refractivity contribution is -0.137. The minimum absolute atomic E-state index is 0.0192. The summed E-state index contributed by atoms with van der Waals surface area (Å²) >= 11 is 12.3. The van der Waals surface area contributed by atoms with E-state index in [-0.39, 0.29) is 11.8 Å². The van der Waals surface area contributed by atoms with Crippen molar-refractivity contribution in [3.8, 4) is 11.5 Å². The fourth-order valence-corrected chi connectivity index (χ4v) is 7.57. The number of amides is 1. The molecule has 0 aromatic heterocycles. The zero-order chi connectivity index (χ0) is 29.2. The van der Waals surface area contributed by atoms with Gasteiger partial charge in [0.1, 0.15) is 11.5 Å². The zero-order valence-corrected chi connectivity index (χ0v) is 26.0. The fourth-order valence-electron chi connectivity index (χ4n) is 5.23. The van der Waals surface area contributed by atoms with Crippen molar-refractivity contribution in [3.05, 3.63) is 86.4 Å². The van der Waals surface area contributed by atoms with Crippen LogP contribution in [-0.4, -0.2) is 43.2 Å². The van der Waals surface area contributed by atoms with Gasteiger partial charge in [0.15, 0.2) is 0 Å². The van der Waals surface area contributed by atoms with Crippen molar-refractivity contribution in [1.29, 1.82) is 0 Å². The molecule has 0 spiro atoms. The predicted octanol–water partition coefficient (Wildman–Crippen LogP) is 7.47.